The number of nitrogens with one attached hydrogen (secondary N) is 2. The number of aryl methyl sites for hydroxylation is 1. The lowest BCUT2D eigenvalue weighted by molar-refractivity contribution is 0.630. The summed E-state index contributed by atoms with van der Waals surface area (Å²) in [6.45, 7) is 3.94. The summed E-state index contributed by atoms with van der Waals surface area (Å²) in [6, 6.07) is 13.6. The van der Waals surface area contributed by atoms with E-state index in [1.807, 2.05) is 44.2 Å². The predicted octanol–water partition coefficient (Wildman–Crippen LogP) is 4.67. The van der Waals surface area contributed by atoms with Gasteiger partial charge in [-0.3, -0.25) is 9.36 Å². The molecule has 5 aromatic rings. The molecule has 2 aromatic carbocycles. The Kier molecular flexibility index (Phi) is 4.89. The Hall–Kier alpha value is -4.07. The molecule has 0 aliphatic rings. The number of hydrogen-bond acceptors (Lipinski definition) is 5. The predicted molar refractivity (Wildman–Crippen MR) is 123 cm³/mol. The zero-order chi connectivity index (χ0) is 22.2. The highest BCUT2D eigenvalue weighted by atomic mass is 19.1. The van der Waals surface area contributed by atoms with Crippen molar-refractivity contribution in [1.29, 1.82) is 0 Å². The lowest BCUT2D eigenvalue weighted by atomic mass is 10.1. The van der Waals surface area contributed by atoms with Crippen LogP contribution in [0, 0.1) is 12.7 Å². The molecular weight excluding hydrogens is 407 g/mol. The van der Waals surface area contributed by atoms with Gasteiger partial charge in [0.2, 0.25) is 0 Å². The highest BCUT2D eigenvalue weighted by molar-refractivity contribution is 5.86. The maximum Gasteiger partial charge on any atom is 0.269 e. The maximum absolute atomic E-state index is 14.6. The van der Waals surface area contributed by atoms with Crippen LogP contribution in [-0.2, 0) is 0 Å². The molecule has 1 atom stereocenters. The summed E-state index contributed by atoms with van der Waals surface area (Å²) in [5.74, 6) is 0.537. The molecule has 0 radical (unpaired) electrons. The molecular formula is C24H21FN6O. The summed E-state index contributed by atoms with van der Waals surface area (Å²) in [6.07, 6.45) is 3.89. The normalized spacial score (nSPS) is 12.3. The van der Waals surface area contributed by atoms with Gasteiger partial charge in [0.15, 0.2) is 0 Å². The quantitative estimate of drug-likeness (QED) is 0.425. The summed E-state index contributed by atoms with van der Waals surface area (Å²) in [5.41, 5.74) is 2.21. The average Bonchev–Trinajstić information content (AvgIpc) is 3.27. The number of anilines is 1. The monoisotopic (exact) mass is 428 g/mol. The number of aromatic nitrogens is 5. The van der Waals surface area contributed by atoms with Crippen molar-refractivity contribution in [2.24, 2.45) is 0 Å². The van der Waals surface area contributed by atoms with Crippen molar-refractivity contribution < 1.29 is 4.39 Å². The smallest absolute Gasteiger partial charge is 0.269 e. The van der Waals surface area contributed by atoms with Crippen molar-refractivity contribution in [3.8, 4) is 5.69 Å². The molecule has 0 aliphatic carbocycles. The highest BCUT2D eigenvalue weighted by Crippen LogP contribution is 2.27. The fourth-order valence-corrected chi connectivity index (χ4v) is 3.96. The third-order valence-electron chi connectivity index (χ3n) is 5.52. The number of aromatic amines is 1. The van der Waals surface area contributed by atoms with E-state index in [2.05, 4.69) is 20.3 Å². The van der Waals surface area contributed by atoms with Gasteiger partial charge in [-0.15, -0.1) is 0 Å². The Labute approximate surface area is 183 Å². The number of nitrogens with zero attached hydrogens (tertiary/aromatic N) is 4. The van der Waals surface area contributed by atoms with Gasteiger partial charge in [-0.2, -0.15) is 0 Å². The van der Waals surface area contributed by atoms with Crippen LogP contribution in [0.5, 0.6) is 0 Å². The Balaban J connectivity index is 1.75. The zero-order valence-corrected chi connectivity index (χ0v) is 17.6. The lowest BCUT2D eigenvalue weighted by Crippen LogP contribution is -2.28. The number of hydrogen-bond donors (Lipinski definition) is 2. The van der Waals surface area contributed by atoms with E-state index < -0.39 is 11.4 Å². The first-order valence-electron chi connectivity index (χ1n) is 10.4. The van der Waals surface area contributed by atoms with Gasteiger partial charge in [0.1, 0.15) is 34.8 Å². The first-order valence-corrected chi connectivity index (χ1v) is 10.4. The number of halogens is 1. The fourth-order valence-electron chi connectivity index (χ4n) is 3.96. The number of fused-ring (bicyclic) bond motifs is 2. The van der Waals surface area contributed by atoms with Gasteiger partial charge in [0.25, 0.3) is 5.56 Å². The van der Waals surface area contributed by atoms with Crippen LogP contribution in [0.2, 0.25) is 0 Å². The van der Waals surface area contributed by atoms with Crippen LogP contribution in [-0.4, -0.2) is 24.5 Å². The Morgan fingerprint density at radius 2 is 2.00 bits per heavy atom. The summed E-state index contributed by atoms with van der Waals surface area (Å²) >= 11 is 0. The molecule has 0 spiro atoms. The molecule has 0 bridgehead atoms. The van der Waals surface area contributed by atoms with Crippen LogP contribution in [0.25, 0.3) is 27.6 Å². The van der Waals surface area contributed by atoms with Gasteiger partial charge in [0.05, 0.1) is 22.6 Å². The van der Waals surface area contributed by atoms with Crippen LogP contribution in [0.4, 0.5) is 10.2 Å². The van der Waals surface area contributed by atoms with Crippen molar-refractivity contribution in [2.45, 2.75) is 26.3 Å². The molecule has 8 heteroatoms. The van der Waals surface area contributed by atoms with Gasteiger partial charge in [0, 0.05) is 6.20 Å². The summed E-state index contributed by atoms with van der Waals surface area (Å²) in [4.78, 5) is 30.0. The Morgan fingerprint density at radius 1 is 1.16 bits per heavy atom. The number of benzene rings is 2. The molecule has 0 saturated carbocycles. The highest BCUT2D eigenvalue weighted by Gasteiger charge is 2.22. The molecule has 0 fully saturated rings. The minimum absolute atomic E-state index is 0.0253. The van der Waals surface area contributed by atoms with Crippen LogP contribution < -0.4 is 10.9 Å². The Morgan fingerprint density at radius 3 is 2.81 bits per heavy atom. The largest absolute Gasteiger partial charge is 0.359 e. The van der Waals surface area contributed by atoms with E-state index >= 15 is 0 Å². The van der Waals surface area contributed by atoms with Gasteiger partial charge in [-0.25, -0.2) is 19.3 Å². The standard InChI is InChI=1S/C24H21FN6O/c1-3-18(29-22-16-10-11-26-21(16)27-13-28-22)23-30-19-9-5-8-17(25)20(19)24(32)31(23)15-7-4-6-14(2)12-15/h4-13,18H,3H2,1-2H3,(H2,26,27,28,29)/t18-/m0/s1. The molecule has 7 nitrogen and oxygen atoms in total. The van der Waals surface area contributed by atoms with Crippen LogP contribution in [0.3, 0.4) is 0 Å². The van der Waals surface area contributed by atoms with Crippen molar-refractivity contribution >= 4 is 27.8 Å². The molecule has 32 heavy (non-hydrogen) atoms. The van der Waals surface area contributed by atoms with Crippen molar-refractivity contribution in [2.75, 3.05) is 5.32 Å². The third kappa shape index (κ3) is 3.30. The molecule has 0 unspecified atom stereocenters. The molecule has 0 saturated heterocycles. The minimum atomic E-state index is -0.584. The van der Waals surface area contributed by atoms with E-state index in [1.165, 1.54) is 17.0 Å². The van der Waals surface area contributed by atoms with Gasteiger partial charge < -0.3 is 10.3 Å². The van der Waals surface area contributed by atoms with E-state index in [-0.39, 0.29) is 11.4 Å². The zero-order valence-electron chi connectivity index (χ0n) is 17.6. The molecule has 160 valence electrons. The number of rotatable bonds is 5. The first kappa shape index (κ1) is 19.9. The second-order valence-electron chi connectivity index (χ2n) is 7.65. The SMILES string of the molecule is CC[C@H](Nc1ncnc2[nH]ccc12)c1nc2cccc(F)c2c(=O)n1-c1cccc(C)c1. The molecule has 3 aromatic heterocycles. The van der Waals surface area contributed by atoms with Gasteiger partial charge in [-0.1, -0.05) is 25.1 Å². The summed E-state index contributed by atoms with van der Waals surface area (Å²) in [7, 11) is 0. The summed E-state index contributed by atoms with van der Waals surface area (Å²) < 4.78 is 16.1. The van der Waals surface area contributed by atoms with Crippen molar-refractivity contribution in [3.63, 3.8) is 0 Å². The Bertz CT molecular complexity index is 1510. The topological polar surface area (TPSA) is 88.5 Å². The second-order valence-corrected chi connectivity index (χ2v) is 7.65. The first-order chi connectivity index (χ1) is 15.6. The van der Waals surface area contributed by atoms with Gasteiger partial charge in [-0.05, 0) is 49.2 Å². The third-order valence-corrected chi connectivity index (χ3v) is 5.52. The van der Waals surface area contributed by atoms with E-state index in [0.717, 1.165) is 10.9 Å². The van der Waals surface area contributed by atoms with E-state index in [4.69, 9.17) is 4.98 Å². The van der Waals surface area contributed by atoms with E-state index in [9.17, 15) is 9.18 Å². The van der Waals surface area contributed by atoms with Crippen molar-refractivity contribution in [1.82, 2.24) is 24.5 Å². The van der Waals surface area contributed by atoms with E-state index in [0.29, 0.717) is 34.9 Å². The lowest BCUT2D eigenvalue weighted by Gasteiger charge is -2.22. The van der Waals surface area contributed by atoms with Crippen LogP contribution in [0.15, 0.2) is 65.8 Å². The molecule has 0 amide bonds. The van der Waals surface area contributed by atoms with Crippen LogP contribution >= 0.6 is 0 Å². The van der Waals surface area contributed by atoms with Crippen molar-refractivity contribution in [3.05, 3.63) is 88.6 Å². The van der Waals surface area contributed by atoms with E-state index in [1.54, 1.807) is 18.3 Å². The van der Waals surface area contributed by atoms with Crippen LogP contribution in [0.1, 0.15) is 30.8 Å². The second kappa shape index (κ2) is 7.88. The molecule has 0 aliphatic heterocycles. The van der Waals surface area contributed by atoms with Gasteiger partial charge >= 0.3 is 0 Å². The number of H-pyrrole nitrogens is 1. The summed E-state index contributed by atoms with van der Waals surface area (Å²) in [5, 5.41) is 4.23. The maximum atomic E-state index is 14.6. The minimum Gasteiger partial charge on any atom is -0.359 e. The molecule has 5 rings (SSSR count). The molecule has 3 heterocycles. The molecule has 2 N–H and O–H groups in total. The average molecular weight is 428 g/mol. The fraction of sp³-hybridized carbons (Fsp3) is 0.167.